The summed E-state index contributed by atoms with van der Waals surface area (Å²) in [6, 6.07) is 13.1. The summed E-state index contributed by atoms with van der Waals surface area (Å²) in [5, 5.41) is 8.69. The molecule has 3 aromatic rings. The molecule has 0 N–H and O–H groups in total. The fourth-order valence-electron chi connectivity index (χ4n) is 3.52. The highest BCUT2D eigenvalue weighted by Gasteiger charge is 2.27. The highest BCUT2D eigenvalue weighted by atomic mass is 16.5. The van der Waals surface area contributed by atoms with E-state index < -0.39 is 0 Å². The van der Waals surface area contributed by atoms with Crippen molar-refractivity contribution in [3.63, 3.8) is 0 Å². The fraction of sp³-hybridized carbons (Fsp3) is 0.273. The molecule has 30 heavy (non-hydrogen) atoms. The van der Waals surface area contributed by atoms with E-state index in [2.05, 4.69) is 20.1 Å². The van der Waals surface area contributed by atoms with Crippen LogP contribution in [-0.4, -0.2) is 66.4 Å². The Balaban J connectivity index is 1.44. The van der Waals surface area contributed by atoms with Gasteiger partial charge in [0.25, 0.3) is 5.91 Å². The maximum absolute atomic E-state index is 13.1. The Morgan fingerprint density at radius 1 is 0.900 bits per heavy atom. The van der Waals surface area contributed by atoms with Crippen LogP contribution in [0, 0.1) is 0 Å². The molecule has 8 nitrogen and oxygen atoms in total. The van der Waals surface area contributed by atoms with Crippen molar-refractivity contribution in [3.05, 3.63) is 60.4 Å². The van der Waals surface area contributed by atoms with Crippen molar-refractivity contribution in [1.82, 2.24) is 20.1 Å². The van der Waals surface area contributed by atoms with Crippen molar-refractivity contribution < 1.29 is 14.3 Å². The van der Waals surface area contributed by atoms with E-state index in [4.69, 9.17) is 9.47 Å². The second kappa shape index (κ2) is 8.77. The van der Waals surface area contributed by atoms with E-state index >= 15 is 0 Å². The van der Waals surface area contributed by atoms with Gasteiger partial charge < -0.3 is 19.3 Å². The maximum atomic E-state index is 13.1. The van der Waals surface area contributed by atoms with Crippen LogP contribution in [0.5, 0.6) is 11.5 Å². The number of hydrogen-bond donors (Lipinski definition) is 0. The van der Waals surface area contributed by atoms with Crippen molar-refractivity contribution in [1.29, 1.82) is 0 Å². The highest BCUT2D eigenvalue weighted by molar-refractivity contribution is 5.99. The Morgan fingerprint density at radius 2 is 1.63 bits per heavy atom. The Morgan fingerprint density at radius 3 is 2.20 bits per heavy atom. The normalized spacial score (nSPS) is 13.8. The lowest BCUT2D eigenvalue weighted by Crippen LogP contribution is -2.49. The number of rotatable bonds is 5. The second-order valence-electron chi connectivity index (χ2n) is 6.84. The minimum atomic E-state index is -0.0954. The van der Waals surface area contributed by atoms with Crippen molar-refractivity contribution in [2.24, 2.45) is 0 Å². The smallest absolute Gasteiger partial charge is 0.261 e. The zero-order chi connectivity index (χ0) is 20.9. The standard InChI is InChI=1S/C22H23N5O3/c1-29-18-6-3-7-19(30-2)21(18)22(28)27-13-11-26(12-14-27)20-9-8-17(24-25-20)16-5-4-10-23-15-16/h3-10,15H,11-14H2,1-2H3. The fourth-order valence-corrected chi connectivity index (χ4v) is 3.52. The summed E-state index contributed by atoms with van der Waals surface area (Å²) in [4.78, 5) is 21.2. The predicted octanol–water partition coefficient (Wildman–Crippen LogP) is 2.52. The molecule has 1 fully saturated rings. The van der Waals surface area contributed by atoms with Crippen molar-refractivity contribution in [3.8, 4) is 22.8 Å². The van der Waals surface area contributed by atoms with Gasteiger partial charge in [0.1, 0.15) is 17.1 Å². The van der Waals surface area contributed by atoms with Crippen LogP contribution in [0.2, 0.25) is 0 Å². The number of pyridine rings is 1. The topological polar surface area (TPSA) is 80.7 Å². The van der Waals surface area contributed by atoms with E-state index in [0.717, 1.165) is 17.1 Å². The van der Waals surface area contributed by atoms with Gasteiger partial charge in [0.15, 0.2) is 5.82 Å². The summed E-state index contributed by atoms with van der Waals surface area (Å²) in [6.07, 6.45) is 3.49. The average molecular weight is 405 g/mol. The summed E-state index contributed by atoms with van der Waals surface area (Å²) in [6.45, 7) is 2.49. The summed E-state index contributed by atoms with van der Waals surface area (Å²) >= 11 is 0. The summed E-state index contributed by atoms with van der Waals surface area (Å²) in [5.74, 6) is 1.73. The SMILES string of the molecule is COc1cccc(OC)c1C(=O)N1CCN(c2ccc(-c3cccnc3)nn2)CC1. The minimum absolute atomic E-state index is 0.0954. The first-order valence-electron chi connectivity index (χ1n) is 9.70. The zero-order valence-corrected chi connectivity index (χ0v) is 17.0. The van der Waals surface area contributed by atoms with Gasteiger partial charge >= 0.3 is 0 Å². The molecule has 1 saturated heterocycles. The van der Waals surface area contributed by atoms with Crippen LogP contribution in [0.25, 0.3) is 11.3 Å². The van der Waals surface area contributed by atoms with Gasteiger partial charge in [-0.05, 0) is 36.4 Å². The van der Waals surface area contributed by atoms with Gasteiger partial charge in [-0.2, -0.15) is 0 Å². The van der Waals surface area contributed by atoms with Gasteiger partial charge in [0.05, 0.1) is 19.9 Å². The van der Waals surface area contributed by atoms with E-state index in [-0.39, 0.29) is 5.91 Å². The quantitative estimate of drug-likeness (QED) is 0.645. The number of piperazine rings is 1. The number of aromatic nitrogens is 3. The Hall–Kier alpha value is -3.68. The number of methoxy groups -OCH3 is 2. The Bertz CT molecular complexity index is 981. The summed E-state index contributed by atoms with van der Waals surface area (Å²) in [5.41, 5.74) is 2.17. The molecular formula is C22H23N5O3. The van der Waals surface area contributed by atoms with E-state index in [1.54, 1.807) is 44.8 Å². The van der Waals surface area contributed by atoms with Crippen LogP contribution in [0.4, 0.5) is 5.82 Å². The Labute approximate surface area is 175 Å². The molecule has 154 valence electrons. The summed E-state index contributed by atoms with van der Waals surface area (Å²) < 4.78 is 10.8. The number of ether oxygens (including phenoxy) is 2. The van der Waals surface area contributed by atoms with Gasteiger partial charge in [-0.15, -0.1) is 10.2 Å². The molecule has 0 spiro atoms. The number of hydrogen-bond acceptors (Lipinski definition) is 7. The number of benzene rings is 1. The molecule has 0 bridgehead atoms. The lowest BCUT2D eigenvalue weighted by Gasteiger charge is -2.35. The number of nitrogens with zero attached hydrogens (tertiary/aromatic N) is 5. The molecule has 1 aliphatic heterocycles. The van der Waals surface area contributed by atoms with Crippen LogP contribution in [-0.2, 0) is 0 Å². The third kappa shape index (κ3) is 3.89. The lowest BCUT2D eigenvalue weighted by molar-refractivity contribution is 0.0739. The van der Waals surface area contributed by atoms with Gasteiger partial charge in [-0.25, -0.2) is 0 Å². The van der Waals surface area contributed by atoms with Gasteiger partial charge in [-0.3, -0.25) is 9.78 Å². The average Bonchev–Trinajstić information content (AvgIpc) is 2.83. The molecule has 0 aliphatic carbocycles. The van der Waals surface area contributed by atoms with E-state index in [0.29, 0.717) is 43.2 Å². The molecule has 0 atom stereocenters. The van der Waals surface area contributed by atoms with Gasteiger partial charge in [0, 0.05) is 44.1 Å². The first kappa shape index (κ1) is 19.6. The molecule has 1 aliphatic rings. The maximum Gasteiger partial charge on any atom is 0.261 e. The van der Waals surface area contributed by atoms with Crippen molar-refractivity contribution in [2.75, 3.05) is 45.3 Å². The van der Waals surface area contributed by atoms with Crippen molar-refractivity contribution >= 4 is 11.7 Å². The van der Waals surface area contributed by atoms with Crippen molar-refractivity contribution in [2.45, 2.75) is 0 Å². The predicted molar refractivity (Wildman–Crippen MR) is 113 cm³/mol. The van der Waals surface area contributed by atoms with Gasteiger partial charge in [-0.1, -0.05) is 6.07 Å². The number of amides is 1. The highest BCUT2D eigenvalue weighted by Crippen LogP contribution is 2.30. The van der Waals surface area contributed by atoms with E-state index in [1.807, 2.05) is 29.2 Å². The minimum Gasteiger partial charge on any atom is -0.496 e. The van der Waals surface area contributed by atoms with Crippen LogP contribution in [0.15, 0.2) is 54.9 Å². The molecule has 1 amide bonds. The third-order valence-electron chi connectivity index (χ3n) is 5.14. The zero-order valence-electron chi connectivity index (χ0n) is 17.0. The molecular weight excluding hydrogens is 382 g/mol. The lowest BCUT2D eigenvalue weighted by atomic mass is 10.1. The molecule has 2 aromatic heterocycles. The van der Waals surface area contributed by atoms with E-state index in [9.17, 15) is 4.79 Å². The first-order valence-corrected chi connectivity index (χ1v) is 9.70. The Kier molecular flexibility index (Phi) is 5.74. The number of carbonyl (C=O) groups excluding carboxylic acids is 1. The van der Waals surface area contributed by atoms with E-state index in [1.165, 1.54) is 0 Å². The van der Waals surface area contributed by atoms with Crippen LogP contribution in [0.1, 0.15) is 10.4 Å². The third-order valence-corrected chi connectivity index (χ3v) is 5.14. The molecule has 0 unspecified atom stereocenters. The monoisotopic (exact) mass is 405 g/mol. The van der Waals surface area contributed by atoms with Crippen LogP contribution < -0.4 is 14.4 Å². The number of anilines is 1. The first-order chi connectivity index (χ1) is 14.7. The molecule has 4 rings (SSSR count). The molecule has 0 radical (unpaired) electrons. The molecule has 0 saturated carbocycles. The summed E-state index contributed by atoms with van der Waals surface area (Å²) in [7, 11) is 3.11. The molecule has 3 heterocycles. The molecule has 8 heteroatoms. The van der Waals surface area contributed by atoms with Gasteiger partial charge in [0.2, 0.25) is 0 Å². The second-order valence-corrected chi connectivity index (χ2v) is 6.84. The largest absolute Gasteiger partial charge is 0.496 e. The van der Waals surface area contributed by atoms with Crippen LogP contribution >= 0.6 is 0 Å². The molecule has 1 aromatic carbocycles. The number of carbonyl (C=O) groups is 1. The van der Waals surface area contributed by atoms with Crippen LogP contribution in [0.3, 0.4) is 0 Å².